The zero-order valence-corrected chi connectivity index (χ0v) is 12.3. The van der Waals surface area contributed by atoms with Gasteiger partial charge in [-0.1, -0.05) is 23.4 Å². The molecule has 3 aromatic rings. The molecule has 0 amide bonds. The van der Waals surface area contributed by atoms with E-state index >= 15 is 0 Å². The van der Waals surface area contributed by atoms with Crippen molar-refractivity contribution in [2.24, 2.45) is 0 Å². The van der Waals surface area contributed by atoms with Gasteiger partial charge in [0.25, 0.3) is 0 Å². The number of methoxy groups -OCH3 is 1. The molecule has 2 heterocycles. The summed E-state index contributed by atoms with van der Waals surface area (Å²) in [4.78, 5) is 15.8. The predicted molar refractivity (Wildman–Crippen MR) is 81.8 cm³/mol. The fourth-order valence-electron chi connectivity index (χ4n) is 1.88. The molecule has 0 bridgehead atoms. The minimum Gasteiger partial charge on any atom is -0.465 e. The number of aromatic nitrogens is 3. The first-order valence-corrected chi connectivity index (χ1v) is 6.74. The summed E-state index contributed by atoms with van der Waals surface area (Å²) in [6.07, 6.45) is 5.09. The van der Waals surface area contributed by atoms with Crippen molar-refractivity contribution in [3.05, 3.63) is 64.6 Å². The van der Waals surface area contributed by atoms with Gasteiger partial charge in [0.1, 0.15) is 0 Å². The highest BCUT2D eigenvalue weighted by molar-refractivity contribution is 6.31. The molecule has 0 aliphatic rings. The molecular formula is C16H10ClN3O2. The molecule has 1 aromatic carbocycles. The number of carbonyl (C=O) groups is 1. The number of benzene rings is 1. The highest BCUT2D eigenvalue weighted by Gasteiger charge is 2.07. The van der Waals surface area contributed by atoms with Crippen molar-refractivity contribution in [3.63, 3.8) is 0 Å². The summed E-state index contributed by atoms with van der Waals surface area (Å²) in [6, 6.07) is 6.61. The smallest absolute Gasteiger partial charge is 0.337 e. The highest BCUT2D eigenvalue weighted by atomic mass is 35.5. The summed E-state index contributed by atoms with van der Waals surface area (Å²) in [7, 11) is 1.33. The molecule has 2 aromatic heterocycles. The molecule has 0 atom stereocenters. The topological polar surface area (TPSA) is 56.5 Å². The van der Waals surface area contributed by atoms with E-state index in [2.05, 4.69) is 26.7 Å². The van der Waals surface area contributed by atoms with Crippen LogP contribution in [0.15, 0.2) is 42.9 Å². The maximum absolute atomic E-state index is 11.5. The Labute approximate surface area is 131 Å². The molecule has 6 heteroatoms. The number of esters is 1. The van der Waals surface area contributed by atoms with Crippen LogP contribution in [-0.4, -0.2) is 27.7 Å². The van der Waals surface area contributed by atoms with Crippen molar-refractivity contribution >= 4 is 23.2 Å². The Balaban J connectivity index is 1.97. The molecule has 22 heavy (non-hydrogen) atoms. The van der Waals surface area contributed by atoms with Crippen molar-refractivity contribution in [1.82, 2.24) is 14.6 Å². The van der Waals surface area contributed by atoms with Crippen molar-refractivity contribution < 1.29 is 9.53 Å². The Morgan fingerprint density at radius 2 is 2.18 bits per heavy atom. The lowest BCUT2D eigenvalue weighted by atomic mass is 10.1. The average Bonchev–Trinajstić information content (AvgIpc) is 3.01. The second-order valence-corrected chi connectivity index (χ2v) is 4.82. The van der Waals surface area contributed by atoms with E-state index in [0.29, 0.717) is 21.7 Å². The van der Waals surface area contributed by atoms with E-state index in [9.17, 15) is 4.79 Å². The van der Waals surface area contributed by atoms with Crippen LogP contribution >= 0.6 is 11.6 Å². The fraction of sp³-hybridized carbons (Fsp3) is 0.0625. The minimum atomic E-state index is -0.431. The van der Waals surface area contributed by atoms with E-state index in [1.807, 2.05) is 0 Å². The van der Waals surface area contributed by atoms with Gasteiger partial charge in [-0.2, -0.15) is 5.10 Å². The van der Waals surface area contributed by atoms with Gasteiger partial charge in [0.05, 0.1) is 29.5 Å². The van der Waals surface area contributed by atoms with E-state index in [1.165, 1.54) is 7.11 Å². The normalized spacial score (nSPS) is 10.1. The van der Waals surface area contributed by atoms with Crippen molar-refractivity contribution in [2.75, 3.05) is 7.11 Å². The number of hydrogen-bond acceptors (Lipinski definition) is 4. The van der Waals surface area contributed by atoms with Crippen LogP contribution in [0, 0.1) is 11.8 Å². The Bertz CT molecular complexity index is 922. The monoisotopic (exact) mass is 311 g/mol. The first-order chi connectivity index (χ1) is 10.7. The van der Waals surface area contributed by atoms with E-state index < -0.39 is 5.97 Å². The second-order valence-electron chi connectivity index (χ2n) is 4.41. The van der Waals surface area contributed by atoms with Gasteiger partial charge in [-0.25, -0.2) is 14.3 Å². The molecule has 0 unspecified atom stereocenters. The number of halogens is 1. The summed E-state index contributed by atoms with van der Waals surface area (Å²) in [5.74, 6) is 5.46. The number of ether oxygens (including phenoxy) is 1. The SMILES string of the molecule is COC(=O)c1ccc(Cl)c(C#Cc2cnc3ccnn3c2)c1. The van der Waals surface area contributed by atoms with E-state index in [1.54, 1.807) is 47.4 Å². The largest absolute Gasteiger partial charge is 0.465 e. The van der Waals surface area contributed by atoms with E-state index in [4.69, 9.17) is 11.6 Å². The minimum absolute atomic E-state index is 0.400. The molecule has 108 valence electrons. The van der Waals surface area contributed by atoms with Crippen LogP contribution in [0.25, 0.3) is 5.65 Å². The fourth-order valence-corrected chi connectivity index (χ4v) is 2.04. The Kier molecular flexibility index (Phi) is 3.77. The molecular weight excluding hydrogens is 302 g/mol. The molecule has 0 fully saturated rings. The number of carbonyl (C=O) groups excluding carboxylic acids is 1. The molecule has 3 rings (SSSR count). The highest BCUT2D eigenvalue weighted by Crippen LogP contribution is 2.17. The molecule has 5 nitrogen and oxygen atoms in total. The standard InChI is InChI=1S/C16H10ClN3O2/c1-22-16(21)13-4-5-14(17)12(8-13)3-2-11-9-18-15-6-7-19-20(15)10-11/h4-10H,1H3. The van der Waals surface area contributed by atoms with Crippen LogP contribution in [0.3, 0.4) is 0 Å². The van der Waals surface area contributed by atoms with Gasteiger partial charge in [-0.3, -0.25) is 0 Å². The summed E-state index contributed by atoms with van der Waals surface area (Å²) >= 11 is 6.10. The lowest BCUT2D eigenvalue weighted by Gasteiger charge is -2.01. The Morgan fingerprint density at radius 1 is 1.32 bits per heavy atom. The summed E-state index contributed by atoms with van der Waals surface area (Å²) in [5, 5.41) is 4.57. The molecule has 0 radical (unpaired) electrons. The van der Waals surface area contributed by atoms with Crippen LogP contribution in [-0.2, 0) is 4.74 Å². The molecule has 0 aliphatic carbocycles. The van der Waals surface area contributed by atoms with Crippen molar-refractivity contribution in [3.8, 4) is 11.8 Å². The lowest BCUT2D eigenvalue weighted by molar-refractivity contribution is 0.0600. The first kappa shape index (κ1) is 14.1. The van der Waals surface area contributed by atoms with Crippen LogP contribution in [0.2, 0.25) is 5.02 Å². The van der Waals surface area contributed by atoms with Gasteiger partial charge >= 0.3 is 5.97 Å². The lowest BCUT2D eigenvalue weighted by Crippen LogP contribution is -2.01. The summed E-state index contributed by atoms with van der Waals surface area (Å²) < 4.78 is 6.32. The van der Waals surface area contributed by atoms with Gasteiger partial charge in [0.2, 0.25) is 0 Å². The second kappa shape index (κ2) is 5.88. The molecule has 0 saturated carbocycles. The van der Waals surface area contributed by atoms with E-state index in [0.717, 1.165) is 5.65 Å². The van der Waals surface area contributed by atoms with Gasteiger partial charge in [0, 0.05) is 24.0 Å². The first-order valence-electron chi connectivity index (χ1n) is 6.36. The quantitative estimate of drug-likeness (QED) is 0.512. The summed E-state index contributed by atoms with van der Waals surface area (Å²) in [5.41, 5.74) is 2.38. The Hall–Kier alpha value is -2.84. The van der Waals surface area contributed by atoms with Crippen molar-refractivity contribution in [2.45, 2.75) is 0 Å². The third-order valence-corrected chi connectivity index (χ3v) is 3.31. The van der Waals surface area contributed by atoms with Crippen LogP contribution < -0.4 is 0 Å². The maximum atomic E-state index is 11.5. The van der Waals surface area contributed by atoms with Crippen LogP contribution in [0.1, 0.15) is 21.5 Å². The number of nitrogens with zero attached hydrogens (tertiary/aromatic N) is 3. The molecule has 0 N–H and O–H groups in total. The van der Waals surface area contributed by atoms with Crippen LogP contribution in [0.5, 0.6) is 0 Å². The van der Waals surface area contributed by atoms with E-state index in [-0.39, 0.29) is 0 Å². The number of rotatable bonds is 1. The number of hydrogen-bond donors (Lipinski definition) is 0. The van der Waals surface area contributed by atoms with Crippen molar-refractivity contribution in [1.29, 1.82) is 0 Å². The molecule has 0 saturated heterocycles. The molecule has 0 aliphatic heterocycles. The number of fused-ring (bicyclic) bond motifs is 1. The Morgan fingerprint density at radius 3 is 3.00 bits per heavy atom. The maximum Gasteiger partial charge on any atom is 0.337 e. The van der Waals surface area contributed by atoms with Gasteiger partial charge in [0.15, 0.2) is 5.65 Å². The summed E-state index contributed by atoms with van der Waals surface area (Å²) in [6.45, 7) is 0. The van der Waals surface area contributed by atoms with Gasteiger partial charge in [-0.05, 0) is 18.2 Å². The zero-order valence-electron chi connectivity index (χ0n) is 11.6. The van der Waals surface area contributed by atoms with Gasteiger partial charge < -0.3 is 4.74 Å². The van der Waals surface area contributed by atoms with Crippen LogP contribution in [0.4, 0.5) is 0 Å². The molecule has 0 spiro atoms. The third kappa shape index (κ3) is 2.78. The van der Waals surface area contributed by atoms with Gasteiger partial charge in [-0.15, -0.1) is 0 Å². The zero-order chi connectivity index (χ0) is 15.5. The average molecular weight is 312 g/mol. The predicted octanol–water partition coefficient (Wildman–Crippen LogP) is 2.57. The third-order valence-electron chi connectivity index (χ3n) is 2.98.